The summed E-state index contributed by atoms with van der Waals surface area (Å²) < 4.78 is 16.6. The Labute approximate surface area is 116 Å². The van der Waals surface area contributed by atoms with Crippen LogP contribution in [0.2, 0.25) is 0 Å². The van der Waals surface area contributed by atoms with Crippen molar-refractivity contribution in [2.75, 3.05) is 26.4 Å². The highest BCUT2D eigenvalue weighted by atomic mass is 16.5. The number of ether oxygens (including phenoxy) is 3. The fraction of sp³-hybridized carbons (Fsp3) is 0.625. The Kier molecular flexibility index (Phi) is 9.11. The van der Waals surface area contributed by atoms with Gasteiger partial charge in [0.05, 0.1) is 25.9 Å². The van der Waals surface area contributed by atoms with Gasteiger partial charge in [0.25, 0.3) is 0 Å². The van der Waals surface area contributed by atoms with Gasteiger partial charge in [-0.15, -0.1) is 0 Å². The maximum atomic E-state index is 5.60. The summed E-state index contributed by atoms with van der Waals surface area (Å²) in [5.41, 5.74) is 0. The van der Waals surface area contributed by atoms with Crippen molar-refractivity contribution in [3.05, 3.63) is 30.3 Å². The minimum absolute atomic E-state index is 0.336. The molecule has 108 valence electrons. The van der Waals surface area contributed by atoms with Gasteiger partial charge in [0.1, 0.15) is 5.75 Å². The number of rotatable bonds is 11. The summed E-state index contributed by atoms with van der Waals surface area (Å²) >= 11 is 0. The quantitative estimate of drug-likeness (QED) is 0.572. The van der Waals surface area contributed by atoms with Gasteiger partial charge in [-0.1, -0.05) is 25.1 Å². The van der Waals surface area contributed by atoms with Crippen molar-refractivity contribution < 1.29 is 14.2 Å². The van der Waals surface area contributed by atoms with E-state index in [9.17, 15) is 0 Å². The highest BCUT2D eigenvalue weighted by molar-refractivity contribution is 5.20. The van der Waals surface area contributed by atoms with E-state index in [1.54, 1.807) is 0 Å². The molecule has 1 aromatic rings. The summed E-state index contributed by atoms with van der Waals surface area (Å²) in [6, 6.07) is 9.90. The van der Waals surface area contributed by atoms with Crippen LogP contribution in [0.3, 0.4) is 0 Å². The number of hydrogen-bond acceptors (Lipinski definition) is 3. The Hall–Kier alpha value is -1.06. The highest BCUT2D eigenvalue weighted by Crippen LogP contribution is 2.08. The van der Waals surface area contributed by atoms with Crippen LogP contribution in [0.5, 0.6) is 5.75 Å². The largest absolute Gasteiger partial charge is 0.494 e. The number of benzene rings is 1. The van der Waals surface area contributed by atoms with Crippen LogP contribution < -0.4 is 4.74 Å². The zero-order chi connectivity index (χ0) is 13.8. The smallest absolute Gasteiger partial charge is 0.119 e. The molecule has 19 heavy (non-hydrogen) atoms. The molecule has 0 aliphatic heterocycles. The minimum Gasteiger partial charge on any atom is -0.494 e. The van der Waals surface area contributed by atoms with E-state index in [0.717, 1.165) is 38.2 Å². The summed E-state index contributed by atoms with van der Waals surface area (Å²) in [7, 11) is 0. The zero-order valence-electron chi connectivity index (χ0n) is 12.1. The van der Waals surface area contributed by atoms with Crippen LogP contribution >= 0.6 is 0 Å². The van der Waals surface area contributed by atoms with E-state index in [4.69, 9.17) is 14.2 Å². The summed E-state index contributed by atoms with van der Waals surface area (Å²) in [4.78, 5) is 0. The van der Waals surface area contributed by atoms with E-state index >= 15 is 0 Å². The van der Waals surface area contributed by atoms with E-state index in [-0.39, 0.29) is 0 Å². The molecule has 1 aromatic carbocycles. The lowest BCUT2D eigenvalue weighted by molar-refractivity contribution is 0.00996. The molecule has 0 spiro atoms. The Morgan fingerprint density at radius 3 is 2.42 bits per heavy atom. The molecule has 0 aromatic heterocycles. The molecule has 3 heteroatoms. The summed E-state index contributed by atoms with van der Waals surface area (Å²) in [6.45, 7) is 7.11. The molecule has 0 fully saturated rings. The average Bonchev–Trinajstić information content (AvgIpc) is 2.46. The van der Waals surface area contributed by atoms with Gasteiger partial charge in [-0.3, -0.25) is 0 Å². The second-order valence-electron chi connectivity index (χ2n) is 4.57. The maximum Gasteiger partial charge on any atom is 0.119 e. The first-order valence-corrected chi connectivity index (χ1v) is 7.20. The van der Waals surface area contributed by atoms with Gasteiger partial charge in [-0.25, -0.2) is 0 Å². The zero-order valence-corrected chi connectivity index (χ0v) is 12.1. The maximum absolute atomic E-state index is 5.60. The predicted octanol–water partition coefficient (Wildman–Crippen LogP) is 3.68. The first-order chi connectivity index (χ1) is 9.33. The Balaban J connectivity index is 1.84. The highest BCUT2D eigenvalue weighted by Gasteiger charge is 1.97. The van der Waals surface area contributed by atoms with Gasteiger partial charge in [-0.2, -0.15) is 0 Å². The van der Waals surface area contributed by atoms with Crippen molar-refractivity contribution in [1.82, 2.24) is 0 Å². The van der Waals surface area contributed by atoms with Gasteiger partial charge in [0, 0.05) is 6.61 Å². The lowest BCUT2D eigenvalue weighted by Crippen LogP contribution is -2.12. The molecular weight excluding hydrogens is 240 g/mol. The van der Waals surface area contributed by atoms with Crippen molar-refractivity contribution in [2.24, 2.45) is 0 Å². The van der Waals surface area contributed by atoms with Gasteiger partial charge in [0.15, 0.2) is 0 Å². The second kappa shape index (κ2) is 10.8. The monoisotopic (exact) mass is 266 g/mol. The average molecular weight is 266 g/mol. The molecule has 0 saturated carbocycles. The standard InChI is InChI=1S/C16H26O3/c1-3-15(2)18-14-13-17-11-7-8-12-19-16-9-5-4-6-10-16/h4-6,9-10,15H,3,7-8,11-14H2,1-2H3. The Bertz CT molecular complexity index is 300. The molecule has 0 bridgehead atoms. The predicted molar refractivity (Wildman–Crippen MR) is 77.7 cm³/mol. The Morgan fingerprint density at radius 1 is 0.947 bits per heavy atom. The van der Waals surface area contributed by atoms with Gasteiger partial charge >= 0.3 is 0 Å². The molecule has 0 saturated heterocycles. The van der Waals surface area contributed by atoms with Crippen LogP contribution in [0.1, 0.15) is 33.1 Å². The van der Waals surface area contributed by atoms with Crippen molar-refractivity contribution >= 4 is 0 Å². The van der Waals surface area contributed by atoms with Gasteiger partial charge in [-0.05, 0) is 38.3 Å². The van der Waals surface area contributed by atoms with Crippen LogP contribution in [0.4, 0.5) is 0 Å². The molecule has 0 N–H and O–H groups in total. The SMILES string of the molecule is CCC(C)OCCOCCCCOc1ccccc1. The molecule has 0 aliphatic rings. The molecule has 0 aliphatic carbocycles. The molecular formula is C16H26O3. The molecule has 0 heterocycles. The lowest BCUT2D eigenvalue weighted by Gasteiger charge is -2.10. The number of hydrogen-bond donors (Lipinski definition) is 0. The third-order valence-electron chi connectivity index (χ3n) is 2.90. The van der Waals surface area contributed by atoms with Crippen molar-refractivity contribution in [2.45, 2.75) is 39.2 Å². The topological polar surface area (TPSA) is 27.7 Å². The van der Waals surface area contributed by atoms with Crippen LogP contribution in [0.25, 0.3) is 0 Å². The van der Waals surface area contributed by atoms with Crippen LogP contribution in [0.15, 0.2) is 30.3 Å². The van der Waals surface area contributed by atoms with Crippen molar-refractivity contribution in [3.63, 3.8) is 0 Å². The molecule has 1 rings (SSSR count). The van der Waals surface area contributed by atoms with E-state index < -0.39 is 0 Å². The molecule has 1 unspecified atom stereocenters. The molecule has 0 amide bonds. The van der Waals surface area contributed by atoms with Crippen LogP contribution in [-0.2, 0) is 9.47 Å². The van der Waals surface area contributed by atoms with E-state index in [0.29, 0.717) is 19.3 Å². The van der Waals surface area contributed by atoms with Crippen molar-refractivity contribution in [1.29, 1.82) is 0 Å². The van der Waals surface area contributed by atoms with Gasteiger partial charge in [0.2, 0.25) is 0 Å². The summed E-state index contributed by atoms with van der Waals surface area (Å²) in [6.07, 6.45) is 3.43. The Morgan fingerprint density at radius 2 is 1.68 bits per heavy atom. The lowest BCUT2D eigenvalue weighted by atomic mass is 10.3. The normalized spacial score (nSPS) is 12.3. The van der Waals surface area contributed by atoms with Gasteiger partial charge < -0.3 is 14.2 Å². The summed E-state index contributed by atoms with van der Waals surface area (Å²) in [5.74, 6) is 0.936. The van der Waals surface area contributed by atoms with E-state index in [2.05, 4.69) is 13.8 Å². The van der Waals surface area contributed by atoms with E-state index in [1.807, 2.05) is 30.3 Å². The fourth-order valence-electron chi connectivity index (χ4n) is 1.54. The third-order valence-corrected chi connectivity index (χ3v) is 2.90. The first-order valence-electron chi connectivity index (χ1n) is 7.20. The first kappa shape index (κ1) is 16.0. The van der Waals surface area contributed by atoms with E-state index in [1.165, 1.54) is 0 Å². The van der Waals surface area contributed by atoms with Crippen molar-refractivity contribution in [3.8, 4) is 5.75 Å². The third kappa shape index (κ3) is 8.62. The number of para-hydroxylation sites is 1. The summed E-state index contributed by atoms with van der Waals surface area (Å²) in [5, 5.41) is 0. The molecule has 0 radical (unpaired) electrons. The number of unbranched alkanes of at least 4 members (excludes halogenated alkanes) is 1. The van der Waals surface area contributed by atoms with Crippen LogP contribution in [0, 0.1) is 0 Å². The molecule has 3 nitrogen and oxygen atoms in total. The second-order valence-corrected chi connectivity index (χ2v) is 4.57. The minimum atomic E-state index is 0.336. The molecule has 1 atom stereocenters. The van der Waals surface area contributed by atoms with Crippen LogP contribution in [-0.4, -0.2) is 32.5 Å². The fourth-order valence-corrected chi connectivity index (χ4v) is 1.54.